The summed E-state index contributed by atoms with van der Waals surface area (Å²) in [5.41, 5.74) is 1.42. The van der Waals surface area contributed by atoms with Gasteiger partial charge in [0, 0.05) is 37.5 Å². The average Bonchev–Trinajstić information content (AvgIpc) is 3.37. The number of thiophene rings is 1. The van der Waals surface area contributed by atoms with Gasteiger partial charge in [-0.3, -0.25) is 9.59 Å². The lowest BCUT2D eigenvalue weighted by Gasteiger charge is -2.28. The lowest BCUT2D eigenvalue weighted by atomic mass is 9.73. The van der Waals surface area contributed by atoms with E-state index in [0.29, 0.717) is 13.1 Å². The normalized spacial score (nSPS) is 26.0. The smallest absolute Gasteiger partial charge is 0.254 e. The van der Waals surface area contributed by atoms with Crippen molar-refractivity contribution in [3.63, 3.8) is 0 Å². The molecule has 2 aliphatic heterocycles. The SMILES string of the molecule is CCN1CC[C@]2(CN(C(=O)c3ccsc3)C[C@H]2c2ccccc2)C1=O. The van der Waals surface area contributed by atoms with Gasteiger partial charge in [0.2, 0.25) is 5.91 Å². The molecule has 1 aromatic heterocycles. The molecular weight excluding hydrogens is 332 g/mol. The van der Waals surface area contributed by atoms with Crippen molar-refractivity contribution >= 4 is 23.2 Å². The third-order valence-electron chi connectivity index (χ3n) is 5.72. The van der Waals surface area contributed by atoms with Crippen LogP contribution in [0.3, 0.4) is 0 Å². The van der Waals surface area contributed by atoms with Gasteiger partial charge >= 0.3 is 0 Å². The minimum absolute atomic E-state index is 0.0433. The Morgan fingerprint density at radius 3 is 2.72 bits per heavy atom. The van der Waals surface area contributed by atoms with Crippen LogP contribution < -0.4 is 0 Å². The molecule has 4 rings (SSSR count). The number of benzene rings is 1. The molecule has 130 valence electrons. The van der Waals surface area contributed by atoms with Gasteiger partial charge in [0.05, 0.1) is 11.0 Å². The Labute approximate surface area is 152 Å². The van der Waals surface area contributed by atoms with E-state index in [-0.39, 0.29) is 17.7 Å². The summed E-state index contributed by atoms with van der Waals surface area (Å²) in [6.45, 7) is 4.69. The first-order chi connectivity index (χ1) is 12.2. The number of nitrogens with zero attached hydrogens (tertiary/aromatic N) is 2. The summed E-state index contributed by atoms with van der Waals surface area (Å²) in [4.78, 5) is 29.9. The number of carbonyl (C=O) groups is 2. The first-order valence-corrected chi connectivity index (χ1v) is 9.76. The van der Waals surface area contributed by atoms with Crippen molar-refractivity contribution in [3.05, 3.63) is 58.3 Å². The molecule has 0 saturated carbocycles. The van der Waals surface area contributed by atoms with Gasteiger partial charge in [0.1, 0.15) is 0 Å². The highest BCUT2D eigenvalue weighted by atomic mass is 32.1. The van der Waals surface area contributed by atoms with Crippen molar-refractivity contribution in [2.75, 3.05) is 26.2 Å². The summed E-state index contributed by atoms with van der Waals surface area (Å²) in [6, 6.07) is 12.1. The van der Waals surface area contributed by atoms with Crippen LogP contribution in [0.25, 0.3) is 0 Å². The third kappa shape index (κ3) is 2.58. The number of carbonyl (C=O) groups excluding carboxylic acids is 2. The predicted octanol–water partition coefficient (Wildman–Crippen LogP) is 3.23. The summed E-state index contributed by atoms with van der Waals surface area (Å²) in [5, 5.41) is 3.81. The second kappa shape index (κ2) is 6.30. The van der Waals surface area contributed by atoms with E-state index in [1.165, 1.54) is 11.3 Å². The number of rotatable bonds is 3. The molecule has 3 heterocycles. The summed E-state index contributed by atoms with van der Waals surface area (Å²) >= 11 is 1.53. The topological polar surface area (TPSA) is 40.6 Å². The minimum Gasteiger partial charge on any atom is -0.342 e. The Bertz CT molecular complexity index is 774. The Kier molecular flexibility index (Phi) is 4.12. The van der Waals surface area contributed by atoms with Crippen molar-refractivity contribution in [2.24, 2.45) is 5.41 Å². The van der Waals surface area contributed by atoms with Crippen LogP contribution in [-0.2, 0) is 4.79 Å². The Morgan fingerprint density at radius 1 is 1.28 bits per heavy atom. The van der Waals surface area contributed by atoms with E-state index in [0.717, 1.165) is 30.6 Å². The van der Waals surface area contributed by atoms with Crippen molar-refractivity contribution in [2.45, 2.75) is 19.3 Å². The highest BCUT2D eigenvalue weighted by Gasteiger charge is 2.57. The van der Waals surface area contributed by atoms with Crippen molar-refractivity contribution in [1.29, 1.82) is 0 Å². The second-order valence-corrected chi connectivity index (χ2v) is 7.73. The zero-order valence-electron chi connectivity index (χ0n) is 14.4. The molecule has 2 saturated heterocycles. The van der Waals surface area contributed by atoms with Gasteiger partial charge in [0.15, 0.2) is 0 Å². The van der Waals surface area contributed by atoms with Crippen molar-refractivity contribution < 1.29 is 9.59 Å². The molecule has 2 amide bonds. The molecular formula is C20H22N2O2S. The van der Waals surface area contributed by atoms with Gasteiger partial charge < -0.3 is 9.80 Å². The van der Waals surface area contributed by atoms with Crippen LogP contribution >= 0.6 is 11.3 Å². The number of hydrogen-bond donors (Lipinski definition) is 0. The van der Waals surface area contributed by atoms with Gasteiger partial charge in [-0.1, -0.05) is 30.3 Å². The van der Waals surface area contributed by atoms with Gasteiger partial charge in [-0.25, -0.2) is 0 Å². The van der Waals surface area contributed by atoms with Crippen LogP contribution in [0.2, 0.25) is 0 Å². The molecule has 0 radical (unpaired) electrons. The van der Waals surface area contributed by atoms with E-state index >= 15 is 0 Å². The summed E-state index contributed by atoms with van der Waals surface area (Å²) < 4.78 is 0. The van der Waals surface area contributed by atoms with Gasteiger partial charge in [-0.05, 0) is 30.4 Å². The predicted molar refractivity (Wildman–Crippen MR) is 98.7 cm³/mol. The van der Waals surface area contributed by atoms with Crippen LogP contribution in [0, 0.1) is 5.41 Å². The maximum atomic E-state index is 13.2. The Hall–Kier alpha value is -2.14. The fourth-order valence-corrected chi connectivity index (χ4v) is 5.00. The van der Waals surface area contributed by atoms with E-state index in [2.05, 4.69) is 12.1 Å². The molecule has 2 fully saturated rings. The third-order valence-corrected chi connectivity index (χ3v) is 6.41. The Balaban J connectivity index is 1.70. The molecule has 0 unspecified atom stereocenters. The summed E-state index contributed by atoms with van der Waals surface area (Å²) in [6.07, 6.45) is 0.826. The lowest BCUT2D eigenvalue weighted by Crippen LogP contribution is -2.40. The summed E-state index contributed by atoms with van der Waals surface area (Å²) in [7, 11) is 0. The highest BCUT2D eigenvalue weighted by Crippen LogP contribution is 2.50. The average molecular weight is 354 g/mol. The van der Waals surface area contributed by atoms with E-state index in [9.17, 15) is 9.59 Å². The maximum Gasteiger partial charge on any atom is 0.254 e. The first kappa shape index (κ1) is 16.3. The van der Waals surface area contributed by atoms with E-state index in [1.807, 2.05) is 51.7 Å². The largest absolute Gasteiger partial charge is 0.342 e. The van der Waals surface area contributed by atoms with E-state index in [4.69, 9.17) is 0 Å². The standard InChI is InChI=1S/C20H22N2O2S/c1-2-21-10-9-20(19(21)24)14-22(18(23)16-8-11-25-13-16)12-17(20)15-6-4-3-5-7-15/h3-8,11,13,17H,2,9-10,12,14H2,1H3/t17-,20+/m0/s1. The van der Waals surface area contributed by atoms with Crippen LogP contribution in [0.1, 0.15) is 35.2 Å². The van der Waals surface area contributed by atoms with Gasteiger partial charge in [-0.15, -0.1) is 0 Å². The molecule has 1 spiro atoms. The first-order valence-electron chi connectivity index (χ1n) is 8.81. The van der Waals surface area contributed by atoms with Crippen LogP contribution in [-0.4, -0.2) is 47.8 Å². The van der Waals surface area contributed by atoms with Gasteiger partial charge in [-0.2, -0.15) is 11.3 Å². The van der Waals surface area contributed by atoms with Crippen LogP contribution in [0.15, 0.2) is 47.2 Å². The van der Waals surface area contributed by atoms with Crippen molar-refractivity contribution in [1.82, 2.24) is 9.80 Å². The Morgan fingerprint density at radius 2 is 2.08 bits per heavy atom. The zero-order valence-corrected chi connectivity index (χ0v) is 15.2. The highest BCUT2D eigenvalue weighted by molar-refractivity contribution is 7.08. The molecule has 25 heavy (non-hydrogen) atoms. The van der Waals surface area contributed by atoms with Crippen molar-refractivity contribution in [3.8, 4) is 0 Å². The van der Waals surface area contributed by atoms with E-state index < -0.39 is 5.41 Å². The summed E-state index contributed by atoms with van der Waals surface area (Å²) in [5.74, 6) is 0.326. The van der Waals surface area contributed by atoms with E-state index in [1.54, 1.807) is 0 Å². The monoisotopic (exact) mass is 354 g/mol. The molecule has 2 aliphatic rings. The molecule has 1 aromatic carbocycles. The van der Waals surface area contributed by atoms with Crippen LogP contribution in [0.4, 0.5) is 0 Å². The van der Waals surface area contributed by atoms with Crippen LogP contribution in [0.5, 0.6) is 0 Å². The maximum absolute atomic E-state index is 13.2. The fourth-order valence-electron chi connectivity index (χ4n) is 4.37. The second-order valence-electron chi connectivity index (χ2n) is 6.95. The fraction of sp³-hybridized carbons (Fsp3) is 0.400. The quantitative estimate of drug-likeness (QED) is 0.849. The molecule has 2 aromatic rings. The number of amides is 2. The lowest BCUT2D eigenvalue weighted by molar-refractivity contribution is -0.135. The van der Waals surface area contributed by atoms with Gasteiger partial charge in [0.25, 0.3) is 5.91 Å². The molecule has 0 N–H and O–H groups in total. The molecule has 4 nitrogen and oxygen atoms in total. The number of likely N-dealkylation sites (tertiary alicyclic amines) is 2. The molecule has 0 aliphatic carbocycles. The minimum atomic E-state index is -0.469. The zero-order chi connectivity index (χ0) is 17.4. The molecule has 2 atom stereocenters. The number of hydrogen-bond acceptors (Lipinski definition) is 3. The molecule has 5 heteroatoms. The molecule has 0 bridgehead atoms.